The molecule has 0 aromatic heterocycles. The van der Waals surface area contributed by atoms with Gasteiger partial charge in [-0.3, -0.25) is 0 Å². The third-order valence-electron chi connectivity index (χ3n) is 4.43. The Morgan fingerprint density at radius 2 is 1.85 bits per heavy atom. The SMILES string of the molecule is CC(C)S(=O)(=O)N[C@@H]1CCN(C(=O)OC(C)(C)C)C[C@H]1c1ccccc1. The molecule has 2 atom stereocenters. The second kappa shape index (κ2) is 7.96. The van der Waals surface area contributed by atoms with Crippen LogP contribution in [0.25, 0.3) is 0 Å². The predicted molar refractivity (Wildman–Crippen MR) is 103 cm³/mol. The van der Waals surface area contributed by atoms with Crippen molar-refractivity contribution in [3.63, 3.8) is 0 Å². The number of nitrogens with one attached hydrogen (secondary N) is 1. The average Bonchev–Trinajstić information content (AvgIpc) is 2.54. The molecule has 1 aliphatic rings. The molecule has 7 heteroatoms. The van der Waals surface area contributed by atoms with Crippen molar-refractivity contribution in [1.29, 1.82) is 0 Å². The van der Waals surface area contributed by atoms with Gasteiger partial charge in [-0.2, -0.15) is 0 Å². The van der Waals surface area contributed by atoms with Gasteiger partial charge in [0.05, 0.1) is 5.25 Å². The first-order valence-electron chi connectivity index (χ1n) is 9.03. The van der Waals surface area contributed by atoms with Crippen LogP contribution in [-0.4, -0.2) is 49.4 Å². The van der Waals surface area contributed by atoms with E-state index in [1.807, 2.05) is 51.1 Å². The van der Waals surface area contributed by atoms with Crippen molar-refractivity contribution in [3.8, 4) is 0 Å². The summed E-state index contributed by atoms with van der Waals surface area (Å²) in [4.78, 5) is 14.1. The molecule has 1 N–H and O–H groups in total. The van der Waals surface area contributed by atoms with Gasteiger partial charge in [-0.1, -0.05) is 30.3 Å². The van der Waals surface area contributed by atoms with Gasteiger partial charge in [-0.15, -0.1) is 0 Å². The molecular formula is C19H30N2O4S. The molecular weight excluding hydrogens is 352 g/mol. The van der Waals surface area contributed by atoms with Gasteiger partial charge < -0.3 is 9.64 Å². The third kappa shape index (κ3) is 5.45. The Hall–Kier alpha value is -1.60. The first-order valence-corrected chi connectivity index (χ1v) is 10.6. The van der Waals surface area contributed by atoms with Crippen molar-refractivity contribution in [3.05, 3.63) is 35.9 Å². The lowest BCUT2D eigenvalue weighted by Crippen LogP contribution is -2.53. The fraction of sp³-hybridized carbons (Fsp3) is 0.632. The Balaban J connectivity index is 2.22. The Bertz CT molecular complexity index is 711. The Labute approximate surface area is 157 Å². The van der Waals surface area contributed by atoms with Crippen LogP contribution in [0.15, 0.2) is 30.3 Å². The monoisotopic (exact) mass is 382 g/mol. The van der Waals surface area contributed by atoms with E-state index in [0.717, 1.165) is 5.56 Å². The van der Waals surface area contributed by atoms with Crippen molar-refractivity contribution < 1.29 is 17.9 Å². The highest BCUT2D eigenvalue weighted by Crippen LogP contribution is 2.29. The van der Waals surface area contributed by atoms with Crippen LogP contribution in [0.2, 0.25) is 0 Å². The van der Waals surface area contributed by atoms with E-state index < -0.39 is 20.9 Å². The van der Waals surface area contributed by atoms with E-state index in [9.17, 15) is 13.2 Å². The maximum atomic E-state index is 12.5. The first kappa shape index (κ1) is 20.7. The van der Waals surface area contributed by atoms with E-state index in [1.165, 1.54) is 0 Å². The van der Waals surface area contributed by atoms with Crippen molar-refractivity contribution in [2.45, 2.75) is 63.9 Å². The summed E-state index contributed by atoms with van der Waals surface area (Å²) in [5.74, 6) is -0.119. The smallest absolute Gasteiger partial charge is 0.410 e. The normalized spacial score (nSPS) is 21.7. The number of sulfonamides is 1. The number of piperidine rings is 1. The summed E-state index contributed by atoms with van der Waals surface area (Å²) < 4.78 is 33.1. The summed E-state index contributed by atoms with van der Waals surface area (Å²) >= 11 is 0. The summed E-state index contributed by atoms with van der Waals surface area (Å²) in [7, 11) is -3.39. The number of hydrogen-bond acceptors (Lipinski definition) is 4. The molecule has 0 unspecified atom stereocenters. The first-order chi connectivity index (χ1) is 12.0. The van der Waals surface area contributed by atoms with Crippen LogP contribution in [0.5, 0.6) is 0 Å². The molecule has 0 aliphatic carbocycles. The average molecular weight is 383 g/mol. The summed E-state index contributed by atoms with van der Waals surface area (Å²) in [6.45, 7) is 9.72. The molecule has 1 saturated heterocycles. The van der Waals surface area contributed by atoms with E-state index in [-0.39, 0.29) is 18.1 Å². The van der Waals surface area contributed by atoms with Crippen LogP contribution in [-0.2, 0) is 14.8 Å². The molecule has 146 valence electrons. The highest BCUT2D eigenvalue weighted by Gasteiger charge is 2.36. The molecule has 1 aromatic rings. The van der Waals surface area contributed by atoms with Gasteiger partial charge in [0.2, 0.25) is 10.0 Å². The topological polar surface area (TPSA) is 75.7 Å². The van der Waals surface area contributed by atoms with Gasteiger partial charge in [0, 0.05) is 25.0 Å². The Morgan fingerprint density at radius 3 is 2.38 bits per heavy atom. The lowest BCUT2D eigenvalue weighted by atomic mass is 9.87. The number of benzene rings is 1. The lowest BCUT2D eigenvalue weighted by Gasteiger charge is -2.39. The summed E-state index contributed by atoms with van der Waals surface area (Å²) in [6.07, 6.45) is 0.189. The third-order valence-corrected chi connectivity index (χ3v) is 6.30. The van der Waals surface area contributed by atoms with E-state index in [2.05, 4.69) is 4.72 Å². The van der Waals surface area contributed by atoms with E-state index in [1.54, 1.807) is 18.7 Å². The van der Waals surface area contributed by atoms with Gasteiger partial charge >= 0.3 is 6.09 Å². The zero-order valence-electron chi connectivity index (χ0n) is 16.2. The number of nitrogens with zero attached hydrogens (tertiary/aromatic N) is 1. The minimum atomic E-state index is -3.39. The molecule has 0 spiro atoms. The summed E-state index contributed by atoms with van der Waals surface area (Å²) in [6, 6.07) is 9.47. The van der Waals surface area contributed by atoms with Crippen LogP contribution < -0.4 is 4.72 Å². The Morgan fingerprint density at radius 1 is 1.23 bits per heavy atom. The molecule has 2 rings (SSSR count). The second-order valence-electron chi connectivity index (χ2n) is 8.05. The second-order valence-corrected chi connectivity index (χ2v) is 10.3. The van der Waals surface area contributed by atoms with Crippen molar-refractivity contribution in [2.24, 2.45) is 0 Å². The minimum absolute atomic E-state index is 0.119. The molecule has 1 aliphatic heterocycles. The van der Waals surface area contributed by atoms with E-state index in [0.29, 0.717) is 19.5 Å². The van der Waals surface area contributed by atoms with E-state index in [4.69, 9.17) is 4.74 Å². The molecule has 0 saturated carbocycles. The molecule has 0 radical (unpaired) electrons. The molecule has 1 fully saturated rings. The molecule has 0 bridgehead atoms. The predicted octanol–water partition coefficient (Wildman–Crippen LogP) is 3.11. The van der Waals surface area contributed by atoms with Crippen molar-refractivity contribution in [1.82, 2.24) is 9.62 Å². The number of likely N-dealkylation sites (tertiary alicyclic amines) is 1. The number of amides is 1. The van der Waals surface area contributed by atoms with E-state index >= 15 is 0 Å². The highest BCUT2D eigenvalue weighted by molar-refractivity contribution is 7.90. The lowest BCUT2D eigenvalue weighted by molar-refractivity contribution is 0.0182. The quantitative estimate of drug-likeness (QED) is 0.868. The standard InChI is InChI=1S/C19H30N2O4S/c1-14(2)26(23,24)20-17-11-12-21(18(22)25-19(3,4)5)13-16(17)15-9-7-6-8-10-15/h6-10,14,16-17,20H,11-13H2,1-5H3/t16-,17+/m0/s1. The highest BCUT2D eigenvalue weighted by atomic mass is 32.2. The Kier molecular flexibility index (Phi) is 6.34. The van der Waals surface area contributed by atoms with Crippen molar-refractivity contribution in [2.75, 3.05) is 13.1 Å². The largest absolute Gasteiger partial charge is 0.444 e. The van der Waals surface area contributed by atoms with Gasteiger partial charge in [-0.05, 0) is 46.6 Å². The van der Waals surface area contributed by atoms with Gasteiger partial charge in [0.1, 0.15) is 5.60 Å². The fourth-order valence-corrected chi connectivity index (χ4v) is 3.95. The minimum Gasteiger partial charge on any atom is -0.444 e. The van der Waals surface area contributed by atoms with Crippen molar-refractivity contribution >= 4 is 16.1 Å². The summed E-state index contributed by atoms with van der Waals surface area (Å²) in [5, 5.41) is -0.497. The van der Waals surface area contributed by atoms with Crippen LogP contribution >= 0.6 is 0 Å². The summed E-state index contributed by atoms with van der Waals surface area (Å²) in [5.41, 5.74) is 0.451. The van der Waals surface area contributed by atoms with Gasteiger partial charge in [-0.25, -0.2) is 17.9 Å². The maximum absolute atomic E-state index is 12.5. The molecule has 6 nitrogen and oxygen atoms in total. The van der Waals surface area contributed by atoms with Crippen LogP contribution in [0, 0.1) is 0 Å². The molecule has 26 heavy (non-hydrogen) atoms. The number of carbonyl (C=O) groups excluding carboxylic acids is 1. The van der Waals surface area contributed by atoms with Crippen LogP contribution in [0.3, 0.4) is 0 Å². The zero-order chi connectivity index (χ0) is 19.5. The molecule has 1 heterocycles. The zero-order valence-corrected chi connectivity index (χ0v) is 17.0. The van der Waals surface area contributed by atoms with Gasteiger partial charge in [0.25, 0.3) is 0 Å². The number of hydrogen-bond donors (Lipinski definition) is 1. The number of rotatable bonds is 4. The van der Waals surface area contributed by atoms with Crippen LogP contribution in [0.4, 0.5) is 4.79 Å². The van der Waals surface area contributed by atoms with Gasteiger partial charge in [0.15, 0.2) is 0 Å². The molecule has 1 amide bonds. The number of carbonyl (C=O) groups is 1. The molecule has 1 aromatic carbocycles. The number of ether oxygens (including phenoxy) is 1. The van der Waals surface area contributed by atoms with Crippen LogP contribution in [0.1, 0.15) is 52.5 Å². The maximum Gasteiger partial charge on any atom is 0.410 e. The fourth-order valence-electron chi connectivity index (χ4n) is 2.97.